The largest absolute Gasteiger partial charge is 0.341 e. The summed E-state index contributed by atoms with van der Waals surface area (Å²) in [5, 5.41) is 3.52. The van der Waals surface area contributed by atoms with Crippen molar-refractivity contribution in [2.24, 2.45) is 5.92 Å². The highest BCUT2D eigenvalue weighted by Crippen LogP contribution is 2.30. The molecule has 0 radical (unpaired) electrons. The van der Waals surface area contributed by atoms with E-state index in [2.05, 4.69) is 17.1 Å². The van der Waals surface area contributed by atoms with E-state index >= 15 is 0 Å². The minimum atomic E-state index is 0.400. The van der Waals surface area contributed by atoms with Gasteiger partial charge in [0.25, 0.3) is 0 Å². The van der Waals surface area contributed by atoms with Gasteiger partial charge in [0.2, 0.25) is 5.91 Å². The normalized spacial score (nSPS) is 22.7. The molecule has 1 atom stereocenters. The lowest BCUT2D eigenvalue weighted by molar-refractivity contribution is -0.131. The maximum absolute atomic E-state index is 12.4. The van der Waals surface area contributed by atoms with Gasteiger partial charge in [-0.05, 0) is 44.6 Å². The van der Waals surface area contributed by atoms with Crippen LogP contribution < -0.4 is 5.32 Å². The van der Waals surface area contributed by atoms with E-state index in [0.717, 1.165) is 38.4 Å². The molecule has 19 heavy (non-hydrogen) atoms. The first kappa shape index (κ1) is 14.8. The number of nitrogens with one attached hydrogen (secondary N) is 1. The van der Waals surface area contributed by atoms with Gasteiger partial charge in [-0.25, -0.2) is 0 Å². The molecule has 0 aromatic heterocycles. The molecule has 3 nitrogen and oxygen atoms in total. The number of nitrogens with zero attached hydrogens (tertiary/aromatic N) is 1. The SMILES string of the molecule is CCCCCCC(=O)N(CC1CC1)CC1CCCN1. The van der Waals surface area contributed by atoms with Gasteiger partial charge in [0, 0.05) is 25.6 Å². The number of carbonyl (C=O) groups is 1. The number of hydrogen-bond acceptors (Lipinski definition) is 2. The van der Waals surface area contributed by atoms with Crippen LogP contribution in [0, 0.1) is 5.92 Å². The molecule has 1 aliphatic heterocycles. The van der Waals surface area contributed by atoms with Crippen LogP contribution in [0.5, 0.6) is 0 Å². The summed E-state index contributed by atoms with van der Waals surface area (Å²) in [5.41, 5.74) is 0. The first-order valence-corrected chi connectivity index (χ1v) is 8.30. The summed E-state index contributed by atoms with van der Waals surface area (Å²) in [7, 11) is 0. The molecule has 1 unspecified atom stereocenters. The minimum Gasteiger partial charge on any atom is -0.341 e. The number of hydrogen-bond donors (Lipinski definition) is 1. The fourth-order valence-corrected chi connectivity index (χ4v) is 2.93. The Morgan fingerprint density at radius 1 is 1.16 bits per heavy atom. The van der Waals surface area contributed by atoms with Gasteiger partial charge in [0.1, 0.15) is 0 Å². The van der Waals surface area contributed by atoms with Gasteiger partial charge in [-0.1, -0.05) is 26.2 Å². The van der Waals surface area contributed by atoms with Crippen molar-refractivity contribution < 1.29 is 4.79 Å². The smallest absolute Gasteiger partial charge is 0.222 e. The van der Waals surface area contributed by atoms with Crippen molar-refractivity contribution in [3.05, 3.63) is 0 Å². The molecule has 110 valence electrons. The van der Waals surface area contributed by atoms with Crippen LogP contribution in [-0.2, 0) is 4.79 Å². The Bertz CT molecular complexity index is 270. The summed E-state index contributed by atoms with van der Waals surface area (Å²) < 4.78 is 0. The molecule has 0 aromatic rings. The molecule has 2 aliphatic rings. The molecule has 3 heteroatoms. The molecular weight excluding hydrogens is 236 g/mol. The number of unbranched alkanes of at least 4 members (excludes halogenated alkanes) is 3. The van der Waals surface area contributed by atoms with Crippen molar-refractivity contribution in [2.75, 3.05) is 19.6 Å². The van der Waals surface area contributed by atoms with E-state index < -0.39 is 0 Å². The predicted octanol–water partition coefficient (Wildman–Crippen LogP) is 2.95. The highest BCUT2D eigenvalue weighted by molar-refractivity contribution is 5.76. The molecule has 0 spiro atoms. The third-order valence-electron chi connectivity index (χ3n) is 4.38. The molecular formula is C16H30N2O. The van der Waals surface area contributed by atoms with Crippen LogP contribution in [0.1, 0.15) is 64.7 Å². The maximum atomic E-state index is 12.4. The van der Waals surface area contributed by atoms with Gasteiger partial charge in [-0.2, -0.15) is 0 Å². The van der Waals surface area contributed by atoms with Crippen LogP contribution in [0.15, 0.2) is 0 Å². The summed E-state index contributed by atoms with van der Waals surface area (Å²) in [4.78, 5) is 14.5. The van der Waals surface area contributed by atoms with Gasteiger partial charge < -0.3 is 10.2 Å². The quantitative estimate of drug-likeness (QED) is 0.651. The van der Waals surface area contributed by atoms with Crippen LogP contribution in [0.25, 0.3) is 0 Å². The van der Waals surface area contributed by atoms with Crippen LogP contribution in [0.2, 0.25) is 0 Å². The molecule has 1 saturated carbocycles. The summed E-state index contributed by atoms with van der Waals surface area (Å²) in [6.07, 6.45) is 10.7. The van der Waals surface area contributed by atoms with E-state index in [1.54, 1.807) is 0 Å². The van der Waals surface area contributed by atoms with E-state index in [1.165, 1.54) is 44.9 Å². The monoisotopic (exact) mass is 266 g/mol. The average molecular weight is 266 g/mol. The Morgan fingerprint density at radius 2 is 2.00 bits per heavy atom. The third-order valence-corrected chi connectivity index (χ3v) is 4.38. The number of rotatable bonds is 9. The second-order valence-electron chi connectivity index (χ2n) is 6.35. The van der Waals surface area contributed by atoms with E-state index in [0.29, 0.717) is 11.9 Å². The second-order valence-corrected chi connectivity index (χ2v) is 6.35. The highest BCUT2D eigenvalue weighted by Gasteiger charge is 2.28. The standard InChI is InChI=1S/C16H30N2O/c1-2-3-4-5-8-16(19)18(12-14-9-10-14)13-15-7-6-11-17-15/h14-15,17H,2-13H2,1H3. The summed E-state index contributed by atoms with van der Waals surface area (Å²) in [6, 6.07) is 0.554. The van der Waals surface area contributed by atoms with Crippen molar-refractivity contribution >= 4 is 5.91 Å². The lowest BCUT2D eigenvalue weighted by Gasteiger charge is -2.26. The summed E-state index contributed by atoms with van der Waals surface area (Å²) in [6.45, 7) is 5.31. The Hall–Kier alpha value is -0.570. The van der Waals surface area contributed by atoms with Gasteiger partial charge >= 0.3 is 0 Å². The zero-order chi connectivity index (χ0) is 13.5. The minimum absolute atomic E-state index is 0.400. The van der Waals surface area contributed by atoms with E-state index in [9.17, 15) is 4.79 Å². The van der Waals surface area contributed by atoms with E-state index in [4.69, 9.17) is 0 Å². The van der Waals surface area contributed by atoms with Crippen molar-refractivity contribution in [3.8, 4) is 0 Å². The lowest BCUT2D eigenvalue weighted by Crippen LogP contribution is -2.42. The zero-order valence-corrected chi connectivity index (χ0v) is 12.5. The van der Waals surface area contributed by atoms with Gasteiger partial charge in [-0.15, -0.1) is 0 Å². The lowest BCUT2D eigenvalue weighted by atomic mass is 10.1. The van der Waals surface area contributed by atoms with Gasteiger partial charge in [-0.3, -0.25) is 4.79 Å². The summed E-state index contributed by atoms with van der Waals surface area (Å²) in [5.74, 6) is 1.21. The maximum Gasteiger partial charge on any atom is 0.222 e. The van der Waals surface area contributed by atoms with Crippen molar-refractivity contribution in [3.63, 3.8) is 0 Å². The van der Waals surface area contributed by atoms with Gasteiger partial charge in [0.05, 0.1) is 0 Å². The predicted molar refractivity (Wildman–Crippen MR) is 79.1 cm³/mol. The molecule has 1 N–H and O–H groups in total. The summed E-state index contributed by atoms with van der Waals surface area (Å²) >= 11 is 0. The second kappa shape index (κ2) is 7.88. The molecule has 0 bridgehead atoms. The van der Waals surface area contributed by atoms with Crippen molar-refractivity contribution in [2.45, 2.75) is 70.8 Å². The third kappa shape index (κ3) is 5.52. The molecule has 2 fully saturated rings. The Labute approximate surface area is 118 Å². The Kier molecular flexibility index (Phi) is 6.15. The zero-order valence-electron chi connectivity index (χ0n) is 12.5. The first-order chi connectivity index (χ1) is 9.29. The molecule has 0 aromatic carbocycles. The van der Waals surface area contributed by atoms with Gasteiger partial charge in [0.15, 0.2) is 0 Å². The molecule has 1 saturated heterocycles. The molecule has 1 aliphatic carbocycles. The van der Waals surface area contributed by atoms with E-state index in [-0.39, 0.29) is 0 Å². The van der Waals surface area contributed by atoms with Crippen molar-refractivity contribution in [1.82, 2.24) is 10.2 Å². The first-order valence-electron chi connectivity index (χ1n) is 8.30. The van der Waals surface area contributed by atoms with Crippen LogP contribution in [-0.4, -0.2) is 36.5 Å². The number of carbonyl (C=O) groups excluding carboxylic acids is 1. The van der Waals surface area contributed by atoms with Crippen LogP contribution in [0.4, 0.5) is 0 Å². The Morgan fingerprint density at radius 3 is 2.63 bits per heavy atom. The molecule has 2 rings (SSSR count). The fraction of sp³-hybridized carbons (Fsp3) is 0.938. The Balaban J connectivity index is 1.72. The van der Waals surface area contributed by atoms with Crippen LogP contribution >= 0.6 is 0 Å². The highest BCUT2D eigenvalue weighted by atomic mass is 16.2. The topological polar surface area (TPSA) is 32.3 Å². The van der Waals surface area contributed by atoms with Crippen LogP contribution in [0.3, 0.4) is 0 Å². The fourth-order valence-electron chi connectivity index (χ4n) is 2.93. The average Bonchev–Trinajstić information content (AvgIpc) is 3.07. The van der Waals surface area contributed by atoms with E-state index in [1.807, 2.05) is 0 Å². The number of amides is 1. The molecule has 1 amide bonds. The molecule has 1 heterocycles. The van der Waals surface area contributed by atoms with Crippen molar-refractivity contribution in [1.29, 1.82) is 0 Å².